The number of carbonyl (C=O) groups is 2. The average molecular weight is 265 g/mol. The molecule has 0 saturated heterocycles. The van der Waals surface area contributed by atoms with E-state index in [1.807, 2.05) is 6.92 Å². The van der Waals surface area contributed by atoms with Gasteiger partial charge in [0.2, 0.25) is 0 Å². The lowest BCUT2D eigenvalue weighted by Crippen LogP contribution is -2.29. The Morgan fingerprint density at radius 1 is 1.47 bits per heavy atom. The predicted octanol–water partition coefficient (Wildman–Crippen LogP) is 1.45. The Balaban J connectivity index is 2.87. The number of pyridine rings is 1. The van der Waals surface area contributed by atoms with Crippen LogP contribution in [-0.2, 0) is 4.79 Å². The fraction of sp³-hybridized carbons (Fsp3) is 0.462. The van der Waals surface area contributed by atoms with Gasteiger partial charge in [-0.05, 0) is 18.6 Å². The Kier molecular flexibility index (Phi) is 5.29. The molecule has 1 rings (SSSR count). The summed E-state index contributed by atoms with van der Waals surface area (Å²) in [6.45, 7) is 1.92. The summed E-state index contributed by atoms with van der Waals surface area (Å²) in [4.78, 5) is 28.2. The number of anilines is 1. The topological polar surface area (TPSA) is 82.5 Å². The van der Waals surface area contributed by atoms with Crippen molar-refractivity contribution < 1.29 is 14.7 Å². The largest absolute Gasteiger partial charge is 0.480 e. The second-order valence-corrected chi connectivity index (χ2v) is 4.45. The van der Waals surface area contributed by atoms with E-state index in [2.05, 4.69) is 10.3 Å². The van der Waals surface area contributed by atoms with E-state index in [-0.39, 0.29) is 11.6 Å². The maximum atomic E-state index is 11.8. The van der Waals surface area contributed by atoms with Crippen LogP contribution in [0.4, 0.5) is 5.69 Å². The van der Waals surface area contributed by atoms with Gasteiger partial charge in [-0.25, -0.2) is 4.79 Å². The third kappa shape index (κ3) is 4.24. The van der Waals surface area contributed by atoms with Crippen molar-refractivity contribution in [2.24, 2.45) is 0 Å². The maximum Gasteiger partial charge on any atom is 0.326 e. The van der Waals surface area contributed by atoms with Crippen LogP contribution in [0.5, 0.6) is 0 Å². The summed E-state index contributed by atoms with van der Waals surface area (Å²) >= 11 is 0. The quantitative estimate of drug-likeness (QED) is 0.813. The molecule has 1 aromatic rings. The van der Waals surface area contributed by atoms with Crippen molar-refractivity contribution >= 4 is 17.6 Å². The van der Waals surface area contributed by atoms with Crippen LogP contribution in [0.2, 0.25) is 0 Å². The minimum absolute atomic E-state index is 0.217. The highest BCUT2D eigenvalue weighted by atomic mass is 16.4. The molecular weight excluding hydrogens is 246 g/mol. The molecule has 0 radical (unpaired) electrons. The number of carbonyl (C=O) groups excluding carboxylic acids is 1. The third-order valence-corrected chi connectivity index (χ3v) is 2.60. The second kappa shape index (κ2) is 6.72. The molecule has 0 saturated carbocycles. The summed E-state index contributed by atoms with van der Waals surface area (Å²) in [6.07, 6.45) is 2.77. The number of hydrogen-bond acceptors (Lipinski definition) is 4. The minimum Gasteiger partial charge on any atom is -0.480 e. The van der Waals surface area contributed by atoms with Crippen molar-refractivity contribution in [3.8, 4) is 0 Å². The van der Waals surface area contributed by atoms with Gasteiger partial charge in [0.05, 0.1) is 0 Å². The van der Waals surface area contributed by atoms with Crippen molar-refractivity contribution in [3.63, 3.8) is 0 Å². The number of carboxylic acid groups (broad SMARTS) is 1. The standard InChI is InChI=1S/C13H19N3O3/c1-4-5-10(13(18)19)15-9-6-7-14-11(8-9)12(17)16(2)3/h6-8,10H,4-5H2,1-3H3,(H,14,15)(H,18,19). The molecular formula is C13H19N3O3. The number of nitrogens with one attached hydrogen (secondary N) is 1. The van der Waals surface area contributed by atoms with Crippen molar-refractivity contribution in [2.75, 3.05) is 19.4 Å². The Morgan fingerprint density at radius 2 is 2.16 bits per heavy atom. The molecule has 0 aliphatic heterocycles. The van der Waals surface area contributed by atoms with Gasteiger partial charge in [0.15, 0.2) is 0 Å². The molecule has 0 aromatic carbocycles. The van der Waals surface area contributed by atoms with Crippen molar-refractivity contribution in [1.29, 1.82) is 0 Å². The van der Waals surface area contributed by atoms with Gasteiger partial charge in [-0.3, -0.25) is 9.78 Å². The average Bonchev–Trinajstić information content (AvgIpc) is 2.37. The van der Waals surface area contributed by atoms with Gasteiger partial charge < -0.3 is 15.3 Å². The van der Waals surface area contributed by atoms with Gasteiger partial charge in [-0.15, -0.1) is 0 Å². The van der Waals surface area contributed by atoms with Crippen LogP contribution in [0.1, 0.15) is 30.3 Å². The van der Waals surface area contributed by atoms with Crippen molar-refractivity contribution in [3.05, 3.63) is 24.0 Å². The normalized spacial score (nSPS) is 11.7. The molecule has 1 atom stereocenters. The molecule has 0 aliphatic carbocycles. The number of aromatic nitrogens is 1. The van der Waals surface area contributed by atoms with Crippen LogP contribution in [0.3, 0.4) is 0 Å². The molecule has 0 aliphatic rings. The summed E-state index contributed by atoms with van der Waals surface area (Å²) in [6, 6.07) is 2.56. The Morgan fingerprint density at radius 3 is 2.68 bits per heavy atom. The van der Waals surface area contributed by atoms with Gasteiger partial charge in [-0.1, -0.05) is 13.3 Å². The molecule has 1 aromatic heterocycles. The van der Waals surface area contributed by atoms with Crippen LogP contribution in [0.15, 0.2) is 18.3 Å². The summed E-state index contributed by atoms with van der Waals surface area (Å²) in [7, 11) is 3.28. The lowest BCUT2D eigenvalue weighted by Gasteiger charge is -2.16. The highest BCUT2D eigenvalue weighted by Gasteiger charge is 2.17. The molecule has 2 N–H and O–H groups in total. The first-order valence-electron chi connectivity index (χ1n) is 6.12. The highest BCUT2D eigenvalue weighted by molar-refractivity contribution is 5.92. The molecule has 104 valence electrons. The minimum atomic E-state index is -0.904. The van der Waals surface area contributed by atoms with Gasteiger partial charge in [0.1, 0.15) is 11.7 Å². The summed E-state index contributed by atoms with van der Waals surface area (Å²) < 4.78 is 0. The monoisotopic (exact) mass is 265 g/mol. The fourth-order valence-corrected chi connectivity index (χ4v) is 1.61. The molecule has 19 heavy (non-hydrogen) atoms. The number of carboxylic acids is 1. The van der Waals surface area contributed by atoms with E-state index in [4.69, 9.17) is 5.11 Å². The van der Waals surface area contributed by atoms with Crippen LogP contribution >= 0.6 is 0 Å². The zero-order chi connectivity index (χ0) is 14.4. The zero-order valence-corrected chi connectivity index (χ0v) is 11.4. The summed E-state index contributed by atoms with van der Waals surface area (Å²) in [5.74, 6) is -1.12. The zero-order valence-electron chi connectivity index (χ0n) is 11.4. The number of rotatable bonds is 6. The van der Waals surface area contributed by atoms with E-state index in [0.717, 1.165) is 6.42 Å². The number of nitrogens with zero attached hydrogens (tertiary/aromatic N) is 2. The smallest absolute Gasteiger partial charge is 0.326 e. The Bertz CT molecular complexity index is 460. The molecule has 1 heterocycles. The lowest BCUT2D eigenvalue weighted by molar-refractivity contribution is -0.138. The van der Waals surface area contributed by atoms with Crippen LogP contribution in [0, 0.1) is 0 Å². The van der Waals surface area contributed by atoms with E-state index in [1.165, 1.54) is 11.1 Å². The third-order valence-electron chi connectivity index (χ3n) is 2.60. The van der Waals surface area contributed by atoms with Gasteiger partial charge >= 0.3 is 5.97 Å². The van der Waals surface area contributed by atoms with Gasteiger partial charge in [-0.2, -0.15) is 0 Å². The fourth-order valence-electron chi connectivity index (χ4n) is 1.61. The van der Waals surface area contributed by atoms with Crippen LogP contribution in [0.25, 0.3) is 0 Å². The van der Waals surface area contributed by atoms with E-state index >= 15 is 0 Å². The highest BCUT2D eigenvalue weighted by Crippen LogP contribution is 2.13. The van der Waals surface area contributed by atoms with E-state index in [0.29, 0.717) is 12.1 Å². The first-order chi connectivity index (χ1) is 8.95. The Labute approximate surface area is 112 Å². The van der Waals surface area contributed by atoms with Gasteiger partial charge in [0.25, 0.3) is 5.91 Å². The molecule has 6 nitrogen and oxygen atoms in total. The summed E-state index contributed by atoms with van der Waals surface area (Å²) in [5, 5.41) is 12.0. The predicted molar refractivity (Wildman–Crippen MR) is 72.2 cm³/mol. The molecule has 1 amide bonds. The SMILES string of the molecule is CCCC(Nc1ccnc(C(=O)N(C)C)c1)C(=O)O. The Hall–Kier alpha value is -2.11. The first kappa shape index (κ1) is 14.9. The van der Waals surface area contributed by atoms with Crippen molar-refractivity contribution in [2.45, 2.75) is 25.8 Å². The van der Waals surface area contributed by atoms with E-state index in [9.17, 15) is 9.59 Å². The molecule has 0 fully saturated rings. The molecule has 0 bridgehead atoms. The second-order valence-electron chi connectivity index (χ2n) is 4.45. The van der Waals surface area contributed by atoms with E-state index < -0.39 is 12.0 Å². The van der Waals surface area contributed by atoms with Gasteiger partial charge in [0, 0.05) is 26.0 Å². The molecule has 1 unspecified atom stereocenters. The number of aliphatic carboxylic acids is 1. The molecule has 6 heteroatoms. The number of amides is 1. The molecule has 0 spiro atoms. The lowest BCUT2D eigenvalue weighted by atomic mass is 10.1. The van der Waals surface area contributed by atoms with E-state index in [1.54, 1.807) is 26.2 Å². The summed E-state index contributed by atoms with van der Waals surface area (Å²) in [5.41, 5.74) is 0.872. The van der Waals surface area contributed by atoms with Crippen molar-refractivity contribution in [1.82, 2.24) is 9.88 Å². The van der Waals surface area contributed by atoms with Crippen LogP contribution in [-0.4, -0.2) is 47.0 Å². The maximum absolute atomic E-state index is 11.8. The first-order valence-corrected chi connectivity index (χ1v) is 6.12. The van der Waals surface area contributed by atoms with Crippen LogP contribution < -0.4 is 5.32 Å². The number of hydrogen-bond donors (Lipinski definition) is 2.